The van der Waals surface area contributed by atoms with Crippen molar-refractivity contribution in [2.75, 3.05) is 14.8 Å². The summed E-state index contributed by atoms with van der Waals surface area (Å²) in [7, 11) is -7.74. The second-order valence-corrected chi connectivity index (χ2v) is 12.7. The molecule has 39 heavy (non-hydrogen) atoms. The Balaban J connectivity index is 1.49. The van der Waals surface area contributed by atoms with E-state index in [-0.39, 0.29) is 21.0 Å². The van der Waals surface area contributed by atoms with Crippen molar-refractivity contribution in [1.29, 1.82) is 0 Å². The maximum Gasteiger partial charge on any atom is 0.261 e. The number of benzene rings is 4. The van der Waals surface area contributed by atoms with Gasteiger partial charge in [0.25, 0.3) is 26.0 Å². The molecule has 0 radical (unpaired) electrons. The Morgan fingerprint density at radius 1 is 0.641 bits per heavy atom. The Morgan fingerprint density at radius 2 is 1.13 bits per heavy atom. The van der Waals surface area contributed by atoms with Gasteiger partial charge in [0.05, 0.1) is 21.2 Å². The van der Waals surface area contributed by atoms with E-state index < -0.39 is 26.0 Å². The Labute approximate surface area is 233 Å². The van der Waals surface area contributed by atoms with Gasteiger partial charge in [-0.3, -0.25) is 14.2 Å². The maximum atomic E-state index is 13.0. The molecule has 1 amide bonds. The molecule has 0 saturated heterocycles. The molecule has 11 heteroatoms. The van der Waals surface area contributed by atoms with Crippen molar-refractivity contribution in [3.05, 3.63) is 112 Å². The van der Waals surface area contributed by atoms with Crippen LogP contribution < -0.4 is 14.8 Å². The van der Waals surface area contributed by atoms with E-state index in [9.17, 15) is 21.6 Å². The standard InChI is InChI=1S/C28H26ClN3O5S2/c1-18-10-14-22(15-11-18)38(34,35)31-26-8-4-6-24(19(26)2)28(33)30-21-12-16-23(17-13-21)39(36,37)32-27-9-5-7-25(29)20(27)3/h4-17,31-32H,1-3H3,(H,30,33). The van der Waals surface area contributed by atoms with Gasteiger partial charge in [-0.25, -0.2) is 16.8 Å². The maximum absolute atomic E-state index is 13.0. The van der Waals surface area contributed by atoms with Crippen molar-refractivity contribution in [3.63, 3.8) is 0 Å². The number of rotatable bonds is 8. The normalized spacial score (nSPS) is 11.6. The van der Waals surface area contributed by atoms with Crippen molar-refractivity contribution >= 4 is 54.6 Å². The molecule has 0 aliphatic carbocycles. The molecule has 4 aromatic carbocycles. The summed E-state index contributed by atoms with van der Waals surface area (Å²) in [6.45, 7) is 5.21. The van der Waals surface area contributed by atoms with Gasteiger partial charge in [-0.1, -0.05) is 41.4 Å². The van der Waals surface area contributed by atoms with Crippen molar-refractivity contribution in [1.82, 2.24) is 0 Å². The number of hydrogen-bond acceptors (Lipinski definition) is 5. The van der Waals surface area contributed by atoms with Gasteiger partial charge in [-0.2, -0.15) is 0 Å². The summed E-state index contributed by atoms with van der Waals surface area (Å²) in [5.74, 6) is -0.479. The van der Waals surface area contributed by atoms with Gasteiger partial charge in [0.1, 0.15) is 0 Å². The predicted octanol–water partition coefficient (Wildman–Crippen LogP) is 6.12. The molecule has 0 atom stereocenters. The molecule has 4 rings (SSSR count). The first-order valence-electron chi connectivity index (χ1n) is 11.8. The zero-order valence-electron chi connectivity index (χ0n) is 21.3. The average Bonchev–Trinajstić information content (AvgIpc) is 2.88. The fourth-order valence-electron chi connectivity index (χ4n) is 3.75. The van der Waals surface area contributed by atoms with Crippen LogP contribution in [-0.4, -0.2) is 22.7 Å². The summed E-state index contributed by atoms with van der Waals surface area (Å²) in [4.78, 5) is 13.1. The average molecular weight is 584 g/mol. The van der Waals surface area contributed by atoms with Crippen LogP contribution in [0.2, 0.25) is 5.02 Å². The van der Waals surface area contributed by atoms with Crippen molar-refractivity contribution < 1.29 is 21.6 Å². The Hall–Kier alpha value is -3.86. The molecule has 0 bridgehead atoms. The first-order chi connectivity index (χ1) is 18.4. The number of nitrogens with one attached hydrogen (secondary N) is 3. The second-order valence-electron chi connectivity index (χ2n) is 8.89. The van der Waals surface area contributed by atoms with Gasteiger partial charge in [0, 0.05) is 16.3 Å². The summed E-state index contributed by atoms with van der Waals surface area (Å²) in [6.07, 6.45) is 0. The van der Waals surface area contributed by atoms with Crippen LogP contribution in [0.3, 0.4) is 0 Å². The summed E-state index contributed by atoms with van der Waals surface area (Å²) in [5.41, 5.74) is 3.23. The van der Waals surface area contributed by atoms with E-state index in [2.05, 4.69) is 14.8 Å². The van der Waals surface area contributed by atoms with E-state index >= 15 is 0 Å². The predicted molar refractivity (Wildman–Crippen MR) is 155 cm³/mol. The Kier molecular flexibility index (Phi) is 8.01. The number of hydrogen-bond donors (Lipinski definition) is 3. The lowest BCUT2D eigenvalue weighted by Gasteiger charge is -2.14. The molecule has 0 fully saturated rings. The summed E-state index contributed by atoms with van der Waals surface area (Å²) < 4.78 is 56.4. The number of sulfonamides is 2. The monoisotopic (exact) mass is 583 g/mol. The lowest BCUT2D eigenvalue weighted by Crippen LogP contribution is -2.17. The van der Waals surface area contributed by atoms with Gasteiger partial charge >= 0.3 is 0 Å². The molecule has 0 unspecified atom stereocenters. The smallest absolute Gasteiger partial charge is 0.261 e. The summed E-state index contributed by atoms with van der Waals surface area (Å²) in [6, 6.07) is 21.8. The third-order valence-electron chi connectivity index (χ3n) is 6.09. The lowest BCUT2D eigenvalue weighted by atomic mass is 10.1. The van der Waals surface area contributed by atoms with E-state index in [4.69, 9.17) is 11.6 Å². The molecule has 0 saturated carbocycles. The molecule has 4 aromatic rings. The number of carbonyl (C=O) groups is 1. The third-order valence-corrected chi connectivity index (χ3v) is 9.26. The molecule has 0 spiro atoms. The Bertz CT molecular complexity index is 1750. The highest BCUT2D eigenvalue weighted by molar-refractivity contribution is 7.93. The fourth-order valence-corrected chi connectivity index (χ4v) is 6.17. The van der Waals surface area contributed by atoms with Crippen LogP contribution in [0, 0.1) is 20.8 Å². The number of aryl methyl sites for hydroxylation is 1. The molecular weight excluding hydrogens is 558 g/mol. The van der Waals surface area contributed by atoms with Crippen LogP contribution in [0.5, 0.6) is 0 Å². The van der Waals surface area contributed by atoms with Crippen molar-refractivity contribution in [3.8, 4) is 0 Å². The topological polar surface area (TPSA) is 121 Å². The zero-order chi connectivity index (χ0) is 28.4. The van der Waals surface area contributed by atoms with E-state index in [1.165, 1.54) is 36.4 Å². The SMILES string of the molecule is Cc1ccc(S(=O)(=O)Nc2cccc(C(=O)Nc3ccc(S(=O)(=O)Nc4cccc(Cl)c4C)cc3)c2C)cc1. The molecule has 3 N–H and O–H groups in total. The molecule has 0 aliphatic heterocycles. The van der Waals surface area contributed by atoms with Gasteiger partial charge in [-0.05, 0) is 92.6 Å². The molecule has 202 valence electrons. The van der Waals surface area contributed by atoms with E-state index in [1.54, 1.807) is 62.4 Å². The Morgan fingerprint density at radius 3 is 1.69 bits per heavy atom. The van der Waals surface area contributed by atoms with Crippen molar-refractivity contribution in [2.24, 2.45) is 0 Å². The van der Waals surface area contributed by atoms with Crippen LogP contribution in [0.4, 0.5) is 17.1 Å². The number of anilines is 3. The lowest BCUT2D eigenvalue weighted by molar-refractivity contribution is 0.102. The minimum Gasteiger partial charge on any atom is -0.322 e. The van der Waals surface area contributed by atoms with Gasteiger partial charge in [-0.15, -0.1) is 0 Å². The molecule has 0 heterocycles. The number of amides is 1. The number of halogens is 1. The summed E-state index contributed by atoms with van der Waals surface area (Å²) in [5, 5.41) is 3.16. The van der Waals surface area contributed by atoms with Gasteiger partial charge < -0.3 is 5.32 Å². The second kappa shape index (κ2) is 11.1. The highest BCUT2D eigenvalue weighted by Crippen LogP contribution is 2.27. The first kappa shape index (κ1) is 28.2. The van der Waals surface area contributed by atoms with Crippen LogP contribution in [0.25, 0.3) is 0 Å². The van der Waals surface area contributed by atoms with E-state index in [0.717, 1.165) is 5.56 Å². The minimum atomic E-state index is -3.89. The highest BCUT2D eigenvalue weighted by atomic mass is 35.5. The fraction of sp³-hybridized carbons (Fsp3) is 0.107. The van der Waals surface area contributed by atoms with Gasteiger partial charge in [0.15, 0.2) is 0 Å². The molecule has 0 aliphatic rings. The van der Waals surface area contributed by atoms with E-state index in [1.807, 2.05) is 6.92 Å². The van der Waals surface area contributed by atoms with Crippen molar-refractivity contribution in [2.45, 2.75) is 30.6 Å². The van der Waals surface area contributed by atoms with Crippen LogP contribution >= 0.6 is 11.6 Å². The minimum absolute atomic E-state index is 0.00330. The highest BCUT2D eigenvalue weighted by Gasteiger charge is 2.19. The largest absolute Gasteiger partial charge is 0.322 e. The van der Waals surface area contributed by atoms with Crippen LogP contribution in [-0.2, 0) is 20.0 Å². The first-order valence-corrected chi connectivity index (χ1v) is 15.1. The quantitative estimate of drug-likeness (QED) is 0.231. The molecule has 8 nitrogen and oxygen atoms in total. The molecule has 0 aromatic heterocycles. The molecular formula is C28H26ClN3O5S2. The van der Waals surface area contributed by atoms with Crippen LogP contribution in [0.15, 0.2) is 94.7 Å². The summed E-state index contributed by atoms with van der Waals surface area (Å²) >= 11 is 6.09. The number of carbonyl (C=O) groups excluding carboxylic acids is 1. The third kappa shape index (κ3) is 6.42. The van der Waals surface area contributed by atoms with Gasteiger partial charge in [0.2, 0.25) is 0 Å². The zero-order valence-corrected chi connectivity index (χ0v) is 23.7. The van der Waals surface area contributed by atoms with E-state index in [0.29, 0.717) is 27.5 Å². The van der Waals surface area contributed by atoms with Crippen LogP contribution in [0.1, 0.15) is 27.0 Å².